The molecule has 1 saturated carbocycles. The molecular weight excluding hydrogens is 405 g/mol. The molecule has 0 aromatic heterocycles. The third-order valence-electron chi connectivity index (χ3n) is 6.78. The second-order valence-electron chi connectivity index (χ2n) is 8.08. The molecule has 152 valence electrons. The Balaban J connectivity index is 1.82. The van der Waals surface area contributed by atoms with Gasteiger partial charge in [-0.1, -0.05) is 47.5 Å². The summed E-state index contributed by atoms with van der Waals surface area (Å²) in [6, 6.07) is 13.9. The van der Waals surface area contributed by atoms with Crippen LogP contribution in [0.25, 0.3) is 0 Å². The summed E-state index contributed by atoms with van der Waals surface area (Å²) in [6.07, 6.45) is 4.29. The molecule has 29 heavy (non-hydrogen) atoms. The molecule has 2 aliphatic rings. The first-order valence-corrected chi connectivity index (χ1v) is 10.7. The van der Waals surface area contributed by atoms with Gasteiger partial charge < -0.3 is 10.1 Å². The minimum absolute atomic E-state index is 0.153. The van der Waals surface area contributed by atoms with Crippen LogP contribution in [0.15, 0.2) is 55.1 Å². The van der Waals surface area contributed by atoms with Crippen LogP contribution in [-0.4, -0.2) is 19.6 Å². The largest absolute Gasteiger partial charge is 0.497 e. The van der Waals surface area contributed by atoms with Crippen LogP contribution in [0.4, 0.5) is 0 Å². The number of hydrogen-bond donors (Lipinski definition) is 1. The number of fused-ring (bicyclic) bond motifs is 1. The number of nitrogens with one attached hydrogen (secondary N) is 1. The Morgan fingerprint density at radius 1 is 1.24 bits per heavy atom. The fraction of sp³-hybridized carbons (Fsp3) is 0.375. The zero-order valence-corrected chi connectivity index (χ0v) is 18.0. The van der Waals surface area contributed by atoms with Crippen molar-refractivity contribution < 1.29 is 9.53 Å². The molecule has 3 nitrogen and oxygen atoms in total. The van der Waals surface area contributed by atoms with Crippen molar-refractivity contribution in [1.82, 2.24) is 5.32 Å². The van der Waals surface area contributed by atoms with Crippen molar-refractivity contribution in [1.29, 1.82) is 0 Å². The highest BCUT2D eigenvalue weighted by atomic mass is 35.5. The lowest BCUT2D eigenvalue weighted by molar-refractivity contribution is -0.130. The van der Waals surface area contributed by atoms with Crippen molar-refractivity contribution in [2.75, 3.05) is 13.7 Å². The zero-order chi connectivity index (χ0) is 20.6. The van der Waals surface area contributed by atoms with Crippen LogP contribution in [0.3, 0.4) is 0 Å². The minimum atomic E-state index is -0.401. The SMILES string of the molecule is C=CC[C@@]12CC[C@@H](c3ccc(OC)cc3Cl)[C@H](c3ccc(Cl)cc3)[C@@H]1CNC2=O. The number of halogens is 2. The van der Waals surface area contributed by atoms with E-state index in [1.165, 1.54) is 5.56 Å². The zero-order valence-electron chi connectivity index (χ0n) is 16.5. The minimum Gasteiger partial charge on any atom is -0.497 e. The maximum atomic E-state index is 12.9. The molecule has 0 bridgehead atoms. The summed E-state index contributed by atoms with van der Waals surface area (Å²) in [4.78, 5) is 12.9. The topological polar surface area (TPSA) is 38.3 Å². The van der Waals surface area contributed by atoms with E-state index in [2.05, 4.69) is 30.1 Å². The summed E-state index contributed by atoms with van der Waals surface area (Å²) in [5.74, 6) is 1.44. The van der Waals surface area contributed by atoms with Crippen molar-refractivity contribution in [2.45, 2.75) is 31.1 Å². The molecule has 4 rings (SSSR count). The van der Waals surface area contributed by atoms with E-state index in [0.717, 1.165) is 24.2 Å². The summed E-state index contributed by atoms with van der Waals surface area (Å²) in [5.41, 5.74) is 1.90. The first-order chi connectivity index (χ1) is 14.0. The summed E-state index contributed by atoms with van der Waals surface area (Å²) in [7, 11) is 1.64. The summed E-state index contributed by atoms with van der Waals surface area (Å²) >= 11 is 12.8. The van der Waals surface area contributed by atoms with Crippen LogP contribution in [0.1, 0.15) is 42.2 Å². The smallest absolute Gasteiger partial charge is 0.226 e. The molecule has 4 atom stereocenters. The lowest BCUT2D eigenvalue weighted by Crippen LogP contribution is -2.42. The van der Waals surface area contributed by atoms with Crippen molar-refractivity contribution in [3.8, 4) is 5.75 Å². The lowest BCUT2D eigenvalue weighted by atomic mass is 9.55. The molecule has 1 N–H and O–H groups in total. The van der Waals surface area contributed by atoms with Gasteiger partial charge in [0, 0.05) is 16.6 Å². The van der Waals surface area contributed by atoms with E-state index in [1.54, 1.807) is 7.11 Å². The third-order valence-corrected chi connectivity index (χ3v) is 7.36. The Kier molecular flexibility index (Phi) is 5.63. The van der Waals surface area contributed by atoms with Gasteiger partial charge in [0.25, 0.3) is 0 Å². The van der Waals surface area contributed by atoms with E-state index in [9.17, 15) is 4.79 Å². The predicted octanol–water partition coefficient (Wildman–Crippen LogP) is 5.97. The van der Waals surface area contributed by atoms with Crippen molar-refractivity contribution in [3.05, 3.63) is 76.3 Å². The van der Waals surface area contributed by atoms with E-state index in [4.69, 9.17) is 27.9 Å². The van der Waals surface area contributed by atoms with Gasteiger partial charge in [-0.2, -0.15) is 0 Å². The number of rotatable bonds is 5. The first-order valence-electron chi connectivity index (χ1n) is 9.98. The summed E-state index contributed by atoms with van der Waals surface area (Å²) < 4.78 is 5.33. The van der Waals surface area contributed by atoms with E-state index in [1.807, 2.05) is 30.3 Å². The molecule has 1 aliphatic carbocycles. The van der Waals surface area contributed by atoms with Gasteiger partial charge >= 0.3 is 0 Å². The van der Waals surface area contributed by atoms with Gasteiger partial charge in [-0.25, -0.2) is 0 Å². The van der Waals surface area contributed by atoms with Crippen LogP contribution in [0.5, 0.6) is 5.75 Å². The van der Waals surface area contributed by atoms with E-state index in [0.29, 0.717) is 23.0 Å². The van der Waals surface area contributed by atoms with Crippen molar-refractivity contribution in [3.63, 3.8) is 0 Å². The molecule has 2 aromatic carbocycles. The van der Waals surface area contributed by atoms with Gasteiger partial charge in [0.2, 0.25) is 5.91 Å². The first kappa shape index (κ1) is 20.3. The van der Waals surface area contributed by atoms with Crippen LogP contribution in [0.2, 0.25) is 10.0 Å². The van der Waals surface area contributed by atoms with Crippen molar-refractivity contribution >= 4 is 29.1 Å². The molecule has 0 spiro atoms. The molecular formula is C24H25Cl2NO2. The number of benzene rings is 2. The number of ether oxygens (including phenoxy) is 1. The van der Waals surface area contributed by atoms with E-state index in [-0.39, 0.29) is 23.7 Å². The Morgan fingerprint density at radius 3 is 2.66 bits per heavy atom. The fourth-order valence-electron chi connectivity index (χ4n) is 5.42. The molecule has 2 fully saturated rings. The lowest BCUT2D eigenvalue weighted by Gasteiger charge is -2.46. The third kappa shape index (κ3) is 3.45. The van der Waals surface area contributed by atoms with E-state index >= 15 is 0 Å². The van der Waals surface area contributed by atoms with E-state index < -0.39 is 5.41 Å². The highest BCUT2D eigenvalue weighted by Crippen LogP contribution is 2.59. The number of amides is 1. The number of carbonyl (C=O) groups excluding carboxylic acids is 1. The van der Waals surface area contributed by atoms with Gasteiger partial charge in [0.1, 0.15) is 5.75 Å². The predicted molar refractivity (Wildman–Crippen MR) is 118 cm³/mol. The normalized spacial score (nSPS) is 28.5. The molecule has 0 unspecified atom stereocenters. The molecule has 1 heterocycles. The Morgan fingerprint density at radius 2 is 2.00 bits per heavy atom. The van der Waals surface area contributed by atoms with Crippen LogP contribution < -0.4 is 10.1 Å². The summed E-state index contributed by atoms with van der Waals surface area (Å²) in [6.45, 7) is 4.60. The van der Waals surface area contributed by atoms with Gasteiger partial charge in [-0.05, 0) is 72.4 Å². The highest BCUT2D eigenvalue weighted by Gasteiger charge is 2.56. The maximum absolute atomic E-state index is 12.9. The van der Waals surface area contributed by atoms with Crippen molar-refractivity contribution in [2.24, 2.45) is 11.3 Å². The number of carbonyl (C=O) groups is 1. The van der Waals surface area contributed by atoms with Crippen LogP contribution >= 0.6 is 23.2 Å². The van der Waals surface area contributed by atoms with Gasteiger partial charge in [-0.15, -0.1) is 6.58 Å². The second-order valence-corrected chi connectivity index (χ2v) is 8.92. The molecule has 2 aromatic rings. The summed E-state index contributed by atoms with van der Waals surface area (Å²) in [5, 5.41) is 4.56. The average molecular weight is 430 g/mol. The number of methoxy groups -OCH3 is 1. The van der Waals surface area contributed by atoms with Gasteiger partial charge in [-0.3, -0.25) is 4.79 Å². The Labute approximate surface area is 182 Å². The standard InChI is InChI=1S/C24H25Cl2NO2/c1-3-11-24-12-10-19(18-9-8-17(29-2)13-21(18)26)22(20(24)14-27-23(24)28)15-4-6-16(25)7-5-15/h3-9,13,19-20,22H,1,10-12,14H2,2H3,(H,27,28)/t19-,20-,22-,24+/m0/s1. The molecule has 1 aliphatic heterocycles. The molecule has 5 heteroatoms. The van der Waals surface area contributed by atoms with Crippen LogP contribution in [-0.2, 0) is 4.79 Å². The fourth-order valence-corrected chi connectivity index (χ4v) is 5.86. The van der Waals surface area contributed by atoms with Gasteiger partial charge in [0.15, 0.2) is 0 Å². The molecule has 1 saturated heterocycles. The highest BCUT2D eigenvalue weighted by molar-refractivity contribution is 6.31. The quantitative estimate of drug-likeness (QED) is 0.594. The van der Waals surface area contributed by atoms with Gasteiger partial charge in [0.05, 0.1) is 12.5 Å². The Hall–Kier alpha value is -1.97. The Bertz CT molecular complexity index is 927. The average Bonchev–Trinajstić information content (AvgIpc) is 3.05. The van der Waals surface area contributed by atoms with Crippen LogP contribution in [0, 0.1) is 11.3 Å². The molecule has 0 radical (unpaired) electrons. The monoisotopic (exact) mass is 429 g/mol. The number of hydrogen-bond acceptors (Lipinski definition) is 2. The molecule has 1 amide bonds. The maximum Gasteiger partial charge on any atom is 0.226 e. The number of allylic oxidation sites excluding steroid dienone is 1. The second kappa shape index (κ2) is 8.04.